The number of thiazole rings is 1. The second-order valence-corrected chi connectivity index (χ2v) is 8.14. The van der Waals surface area contributed by atoms with Gasteiger partial charge in [0, 0.05) is 5.69 Å². The highest BCUT2D eigenvalue weighted by Gasteiger charge is 2.30. The van der Waals surface area contributed by atoms with Gasteiger partial charge in [-0.15, -0.1) is 11.3 Å². The van der Waals surface area contributed by atoms with E-state index in [9.17, 15) is 26.4 Å². The molecular weight excluding hydrogens is 391 g/mol. The maximum absolute atomic E-state index is 12.3. The zero-order chi connectivity index (χ0) is 19.5. The Labute approximate surface area is 152 Å². The molecule has 1 aromatic heterocycles. The zero-order valence-corrected chi connectivity index (χ0v) is 15.5. The molecule has 0 unspecified atom stereocenters. The van der Waals surface area contributed by atoms with Crippen molar-refractivity contribution in [2.24, 2.45) is 0 Å². The lowest BCUT2D eigenvalue weighted by Gasteiger charge is -2.10. The normalized spacial score (nSPS) is 12.2. The third-order valence-corrected chi connectivity index (χ3v) is 5.95. The summed E-state index contributed by atoms with van der Waals surface area (Å²) in [4.78, 5) is 16.6. The average molecular weight is 407 g/mol. The summed E-state index contributed by atoms with van der Waals surface area (Å²) >= 11 is 1.27. The highest BCUT2D eigenvalue weighted by molar-refractivity contribution is 7.89. The number of halogens is 3. The van der Waals surface area contributed by atoms with Gasteiger partial charge in [0.15, 0.2) is 0 Å². The van der Waals surface area contributed by atoms with Gasteiger partial charge in [0.25, 0.3) is 5.91 Å². The smallest absolute Gasteiger partial charge is 0.321 e. The van der Waals surface area contributed by atoms with Crippen LogP contribution >= 0.6 is 11.3 Å². The van der Waals surface area contributed by atoms with Crippen LogP contribution in [0.15, 0.2) is 29.2 Å². The van der Waals surface area contributed by atoms with Gasteiger partial charge < -0.3 is 5.32 Å². The average Bonchev–Trinajstić information content (AvgIpc) is 2.94. The molecule has 1 amide bonds. The number of alkyl halides is 3. The molecule has 2 aromatic rings. The van der Waals surface area contributed by atoms with Gasteiger partial charge in [-0.25, -0.2) is 18.1 Å². The topological polar surface area (TPSA) is 88.2 Å². The molecule has 0 saturated heterocycles. The van der Waals surface area contributed by atoms with Crippen molar-refractivity contribution in [3.63, 3.8) is 0 Å². The van der Waals surface area contributed by atoms with Gasteiger partial charge in [0.05, 0.1) is 15.6 Å². The van der Waals surface area contributed by atoms with Crippen LogP contribution in [-0.4, -0.2) is 32.0 Å². The van der Waals surface area contributed by atoms with E-state index in [4.69, 9.17) is 0 Å². The van der Waals surface area contributed by atoms with Crippen molar-refractivity contribution in [2.45, 2.75) is 31.3 Å². The summed E-state index contributed by atoms with van der Waals surface area (Å²) < 4.78 is 61.5. The molecule has 0 bridgehead atoms. The first-order valence-corrected chi connectivity index (χ1v) is 9.76. The van der Waals surface area contributed by atoms with Gasteiger partial charge in [-0.3, -0.25) is 4.79 Å². The van der Waals surface area contributed by atoms with Crippen molar-refractivity contribution in [2.75, 3.05) is 11.9 Å². The fourth-order valence-electron chi connectivity index (χ4n) is 1.98. The van der Waals surface area contributed by atoms with Crippen LogP contribution in [0.5, 0.6) is 0 Å². The lowest BCUT2D eigenvalue weighted by molar-refractivity contribution is -0.121. The number of rotatable bonds is 6. The molecule has 0 spiro atoms. The van der Waals surface area contributed by atoms with Crippen LogP contribution in [0.4, 0.5) is 18.9 Å². The molecule has 11 heteroatoms. The molecule has 6 nitrogen and oxygen atoms in total. The van der Waals surface area contributed by atoms with Gasteiger partial charge >= 0.3 is 6.18 Å². The van der Waals surface area contributed by atoms with Crippen LogP contribution in [0, 0.1) is 6.92 Å². The van der Waals surface area contributed by atoms with Crippen LogP contribution in [-0.2, 0) is 16.4 Å². The van der Waals surface area contributed by atoms with E-state index >= 15 is 0 Å². The minimum atomic E-state index is -4.65. The van der Waals surface area contributed by atoms with Gasteiger partial charge in [-0.1, -0.05) is 6.92 Å². The lowest BCUT2D eigenvalue weighted by atomic mass is 10.3. The van der Waals surface area contributed by atoms with E-state index in [1.54, 1.807) is 6.92 Å². The number of amides is 1. The Bertz CT molecular complexity index is 891. The predicted molar refractivity (Wildman–Crippen MR) is 91.9 cm³/mol. The van der Waals surface area contributed by atoms with Crippen molar-refractivity contribution in [1.29, 1.82) is 0 Å². The summed E-state index contributed by atoms with van der Waals surface area (Å²) in [5, 5.41) is 3.43. The number of nitrogens with zero attached hydrogens (tertiary/aromatic N) is 1. The third kappa shape index (κ3) is 5.26. The fourth-order valence-corrected chi connectivity index (χ4v) is 3.89. The quantitative estimate of drug-likeness (QED) is 0.770. The first-order chi connectivity index (χ1) is 12.0. The van der Waals surface area contributed by atoms with E-state index in [0.717, 1.165) is 17.1 Å². The highest BCUT2D eigenvalue weighted by atomic mass is 32.2. The second kappa shape index (κ2) is 7.72. The van der Waals surface area contributed by atoms with Crippen LogP contribution in [0.25, 0.3) is 0 Å². The minimum absolute atomic E-state index is 0.315. The van der Waals surface area contributed by atoms with E-state index in [1.165, 1.54) is 28.2 Å². The summed E-state index contributed by atoms with van der Waals surface area (Å²) in [6.45, 7) is 1.98. The molecule has 1 heterocycles. The molecule has 2 rings (SSSR count). The van der Waals surface area contributed by atoms with Crippen LogP contribution in [0.1, 0.15) is 27.3 Å². The Morgan fingerprint density at radius 2 is 1.85 bits per heavy atom. The molecule has 26 heavy (non-hydrogen) atoms. The number of hydrogen-bond donors (Lipinski definition) is 2. The number of aryl methyl sites for hydroxylation is 2. The molecule has 0 radical (unpaired) electrons. The maximum atomic E-state index is 12.3. The number of benzene rings is 1. The molecule has 0 aliphatic carbocycles. The molecule has 0 saturated carbocycles. The highest BCUT2D eigenvalue weighted by Crippen LogP contribution is 2.21. The van der Waals surface area contributed by atoms with E-state index < -0.39 is 22.7 Å². The molecule has 0 fully saturated rings. The standard InChI is InChI=1S/C15H16F3N3O3S2/c1-3-12-20-9(2)13(25-12)14(22)21-10-4-6-11(7-5-10)26(23,24)19-8-15(16,17)18/h4-7,19H,3,8H2,1-2H3,(H,21,22). The summed E-state index contributed by atoms with van der Waals surface area (Å²) in [6.07, 6.45) is -3.94. The van der Waals surface area contributed by atoms with Crippen molar-refractivity contribution in [1.82, 2.24) is 9.71 Å². The summed E-state index contributed by atoms with van der Waals surface area (Å²) in [6, 6.07) is 4.84. The van der Waals surface area contributed by atoms with Crippen molar-refractivity contribution in [3.05, 3.63) is 39.8 Å². The Morgan fingerprint density at radius 3 is 2.35 bits per heavy atom. The summed E-state index contributed by atoms with van der Waals surface area (Å²) in [7, 11) is -4.29. The van der Waals surface area contributed by atoms with E-state index in [2.05, 4.69) is 10.3 Å². The van der Waals surface area contributed by atoms with Gasteiger partial charge in [0.1, 0.15) is 11.4 Å². The Morgan fingerprint density at radius 1 is 1.23 bits per heavy atom. The molecular formula is C15H16F3N3O3S2. The number of carbonyl (C=O) groups is 1. The predicted octanol–water partition coefficient (Wildman–Crippen LogP) is 3.11. The minimum Gasteiger partial charge on any atom is -0.321 e. The Hall–Kier alpha value is -1.98. The van der Waals surface area contributed by atoms with Gasteiger partial charge in [-0.2, -0.15) is 13.2 Å². The van der Waals surface area contributed by atoms with E-state index in [-0.39, 0.29) is 10.8 Å². The number of aromatic nitrogens is 1. The second-order valence-electron chi connectivity index (χ2n) is 5.29. The molecule has 1 aromatic carbocycles. The molecule has 0 aliphatic rings. The van der Waals surface area contributed by atoms with Gasteiger partial charge in [0.2, 0.25) is 10.0 Å². The number of nitrogens with one attached hydrogen (secondary N) is 2. The Balaban J connectivity index is 2.09. The number of hydrogen-bond acceptors (Lipinski definition) is 5. The first-order valence-electron chi connectivity index (χ1n) is 7.46. The fraction of sp³-hybridized carbons (Fsp3) is 0.333. The molecule has 0 aliphatic heterocycles. The number of sulfonamides is 1. The first kappa shape index (κ1) is 20.3. The zero-order valence-electron chi connectivity index (χ0n) is 13.8. The van der Waals surface area contributed by atoms with Crippen LogP contribution in [0.3, 0.4) is 0 Å². The summed E-state index contributed by atoms with van der Waals surface area (Å²) in [5.41, 5.74) is 0.913. The van der Waals surface area contributed by atoms with Crippen molar-refractivity contribution in [3.8, 4) is 0 Å². The third-order valence-electron chi connectivity index (χ3n) is 3.23. The largest absolute Gasteiger partial charge is 0.402 e. The number of anilines is 1. The number of carbonyl (C=O) groups excluding carboxylic acids is 1. The lowest BCUT2D eigenvalue weighted by Crippen LogP contribution is -2.33. The van der Waals surface area contributed by atoms with Crippen molar-refractivity contribution < 1.29 is 26.4 Å². The molecule has 142 valence electrons. The maximum Gasteiger partial charge on any atom is 0.402 e. The molecule has 0 atom stereocenters. The summed E-state index contributed by atoms with van der Waals surface area (Å²) in [5.74, 6) is -0.384. The van der Waals surface area contributed by atoms with Crippen molar-refractivity contribution >= 4 is 33.0 Å². The van der Waals surface area contributed by atoms with E-state index in [0.29, 0.717) is 22.7 Å². The monoisotopic (exact) mass is 407 g/mol. The SMILES string of the molecule is CCc1nc(C)c(C(=O)Nc2ccc(S(=O)(=O)NCC(F)(F)F)cc2)s1. The van der Waals surface area contributed by atoms with E-state index in [1.807, 2.05) is 6.92 Å². The van der Waals surface area contributed by atoms with Crippen LogP contribution < -0.4 is 10.0 Å². The molecule has 2 N–H and O–H groups in total. The van der Waals surface area contributed by atoms with Crippen LogP contribution in [0.2, 0.25) is 0 Å². The van der Waals surface area contributed by atoms with Gasteiger partial charge in [-0.05, 0) is 37.6 Å². The Kier molecular flexibility index (Phi) is 6.04.